The molecule has 0 radical (unpaired) electrons. The van der Waals surface area contributed by atoms with Crippen LogP contribution in [-0.4, -0.2) is 76.8 Å². The summed E-state index contributed by atoms with van der Waals surface area (Å²) in [6, 6.07) is 29.2. The Labute approximate surface area is 405 Å². The summed E-state index contributed by atoms with van der Waals surface area (Å²) >= 11 is 3.19. The largest absolute Gasteiger partial charge is 0.488 e. The smallest absolute Gasteiger partial charge is 0.423 e. The number of aliphatic hydroxyl groups is 2. The van der Waals surface area contributed by atoms with Gasteiger partial charge in [0.1, 0.15) is 19.0 Å². The molecule has 20 heteroatoms. The number of halogens is 1. The molecule has 18 nitrogen and oxygen atoms in total. The number of aromatic nitrogens is 10. The van der Waals surface area contributed by atoms with Crippen LogP contribution in [0.3, 0.4) is 0 Å². The second-order valence-electron chi connectivity index (χ2n) is 14.2. The predicted molar refractivity (Wildman–Crippen MR) is 268 cm³/mol. The van der Waals surface area contributed by atoms with E-state index in [4.69, 9.17) is 29.1 Å². The number of fused-ring (bicyclic) bond motifs is 2. The molecule has 5 N–H and O–H groups in total. The Bertz CT molecular complexity index is 3230. The molecule has 0 aliphatic heterocycles. The molecule has 0 unspecified atom stereocenters. The van der Waals surface area contributed by atoms with Crippen LogP contribution in [0.25, 0.3) is 44.7 Å². The maximum atomic E-state index is 12.1. The zero-order valence-corrected chi connectivity index (χ0v) is 37.5. The second kappa shape index (κ2) is 27.1. The van der Waals surface area contributed by atoms with Crippen molar-refractivity contribution >= 4 is 51.0 Å². The lowest BCUT2D eigenvalue weighted by Gasteiger charge is -2.06. The van der Waals surface area contributed by atoms with Gasteiger partial charge in [-0.25, -0.2) is 49.5 Å². The van der Waals surface area contributed by atoms with E-state index in [2.05, 4.69) is 60.8 Å². The van der Waals surface area contributed by atoms with Gasteiger partial charge in [-0.3, -0.25) is 9.55 Å². The average Bonchev–Trinajstić information content (AvgIpc) is 3.89. The molecule has 354 valence electrons. The molecule has 3 aromatic carbocycles. The molecule has 0 bridgehead atoms. The first-order valence-electron chi connectivity index (χ1n) is 20.2. The number of aryl methyl sites for hydroxylation is 2. The molecule has 10 aromatic rings. The molecular formula is C49H50BBrN10O8. The van der Waals surface area contributed by atoms with Crippen LogP contribution in [0.1, 0.15) is 42.9 Å². The van der Waals surface area contributed by atoms with Crippen molar-refractivity contribution < 1.29 is 29.1 Å². The summed E-state index contributed by atoms with van der Waals surface area (Å²) in [6.45, 7) is 4.11. The fourth-order valence-corrected chi connectivity index (χ4v) is 6.26. The van der Waals surface area contributed by atoms with Crippen LogP contribution in [0.5, 0.6) is 0 Å². The van der Waals surface area contributed by atoms with Crippen molar-refractivity contribution in [1.82, 2.24) is 49.4 Å². The van der Waals surface area contributed by atoms with Crippen molar-refractivity contribution in [1.29, 1.82) is 0 Å². The third kappa shape index (κ3) is 16.2. The minimum Gasteiger partial charge on any atom is -0.423 e. The molecule has 0 aliphatic carbocycles. The third-order valence-corrected chi connectivity index (χ3v) is 9.61. The van der Waals surface area contributed by atoms with Crippen LogP contribution in [0.15, 0.2) is 176 Å². The Kier molecular flexibility index (Phi) is 21.1. The van der Waals surface area contributed by atoms with Crippen molar-refractivity contribution in [3.63, 3.8) is 0 Å². The summed E-state index contributed by atoms with van der Waals surface area (Å²) < 4.78 is 12.5. The molecular weight excluding hydrogens is 947 g/mol. The van der Waals surface area contributed by atoms with Gasteiger partial charge >= 0.3 is 18.6 Å². The minimum atomic E-state index is -1.46. The van der Waals surface area contributed by atoms with E-state index in [-0.39, 0.29) is 28.1 Å². The van der Waals surface area contributed by atoms with Crippen LogP contribution >= 0.6 is 15.9 Å². The Morgan fingerprint density at radius 3 is 1.62 bits per heavy atom. The zero-order chi connectivity index (χ0) is 47.5. The normalized spacial score (nSPS) is 10.0. The SMILES string of the molecule is Brc1cncnc1.C.C.Cc1ccc2oc(=O)[nH]c2n1.Cc1ccc2oc(=O)n(Cc3cccc(-c4cncnc4)c3)c2n1.OCc1cccc(-c2cncnc2)c1.OCc1cccc(B(O)O)c1. The number of rotatable bonds is 7. The number of benzene rings is 3. The lowest BCUT2D eigenvalue weighted by molar-refractivity contribution is 0.281. The van der Waals surface area contributed by atoms with Crippen LogP contribution in [0, 0.1) is 13.8 Å². The number of aromatic amines is 1. The number of nitrogens with zero attached hydrogens (tertiary/aromatic N) is 9. The molecule has 7 aromatic heterocycles. The van der Waals surface area contributed by atoms with Crippen molar-refractivity contribution in [2.75, 3.05) is 0 Å². The lowest BCUT2D eigenvalue weighted by atomic mass is 9.80. The van der Waals surface area contributed by atoms with Crippen molar-refractivity contribution in [3.05, 3.63) is 207 Å². The van der Waals surface area contributed by atoms with Gasteiger partial charge in [0.2, 0.25) is 0 Å². The highest BCUT2D eigenvalue weighted by molar-refractivity contribution is 9.10. The quantitative estimate of drug-likeness (QED) is 0.105. The second-order valence-corrected chi connectivity index (χ2v) is 15.1. The van der Waals surface area contributed by atoms with Gasteiger partial charge in [-0.05, 0) is 99.5 Å². The summed E-state index contributed by atoms with van der Waals surface area (Å²) in [6.07, 6.45) is 14.9. The summed E-state index contributed by atoms with van der Waals surface area (Å²) in [5.41, 5.74) is 10.6. The van der Waals surface area contributed by atoms with Gasteiger partial charge in [-0.15, -0.1) is 0 Å². The fourth-order valence-electron chi connectivity index (χ4n) is 6.03. The molecule has 0 fully saturated rings. The molecule has 0 saturated carbocycles. The maximum Gasteiger partial charge on any atom is 0.488 e. The summed E-state index contributed by atoms with van der Waals surface area (Å²) in [5.74, 6) is -0.866. The number of hydrogen-bond donors (Lipinski definition) is 5. The van der Waals surface area contributed by atoms with Gasteiger partial charge in [-0.2, -0.15) is 0 Å². The topological polar surface area (TPSA) is 265 Å². The predicted octanol–water partition coefficient (Wildman–Crippen LogP) is 6.63. The fraction of sp³-hybridized carbons (Fsp3) is 0.143. The van der Waals surface area contributed by atoms with Crippen LogP contribution in [-0.2, 0) is 19.8 Å². The van der Waals surface area contributed by atoms with Crippen LogP contribution in [0.4, 0.5) is 0 Å². The van der Waals surface area contributed by atoms with E-state index in [1.165, 1.54) is 19.0 Å². The summed E-state index contributed by atoms with van der Waals surface area (Å²) in [7, 11) is -1.46. The molecule has 0 saturated heterocycles. The Morgan fingerprint density at radius 2 is 1.09 bits per heavy atom. The monoisotopic (exact) mass is 996 g/mol. The maximum absolute atomic E-state index is 12.1. The molecule has 0 aliphatic rings. The van der Waals surface area contributed by atoms with E-state index in [0.29, 0.717) is 40.0 Å². The molecule has 0 atom stereocenters. The average molecular weight is 998 g/mol. The van der Waals surface area contributed by atoms with Gasteiger partial charge in [0.05, 0.1) is 24.2 Å². The van der Waals surface area contributed by atoms with E-state index >= 15 is 0 Å². The van der Waals surface area contributed by atoms with Crippen LogP contribution in [0.2, 0.25) is 0 Å². The van der Waals surface area contributed by atoms with Crippen molar-refractivity contribution in [2.45, 2.75) is 48.5 Å². The molecule has 0 spiro atoms. The number of hydrogen-bond acceptors (Lipinski definition) is 16. The number of pyridine rings is 2. The third-order valence-electron chi connectivity index (χ3n) is 9.20. The zero-order valence-electron chi connectivity index (χ0n) is 36.0. The minimum absolute atomic E-state index is 0. The standard InChI is InChI=1S/C18H14N4O2.C11H10N2O.C7H9BO3.C7H6N2O2.C4H3BrN2.2CH4/c1-12-5-6-16-17(21-12)22(18(23)24-16)10-13-3-2-4-14(7-13)15-8-19-11-20-9-15;14-7-9-2-1-3-10(4-9)11-5-12-8-13-6-11;9-5-6-2-1-3-7(4-6)8(10)11;1-4-2-3-5-6(8-4)9-7(10)11-5;5-4-1-6-3-7-2-4;;/h2-9,11H,10H2,1H3;1-6,8,14H,7H2;1-4,9-11H,5H2;2-3H,1H3,(H,8,9,10);1-3H;2*1H4. The van der Waals surface area contributed by atoms with E-state index in [1.807, 2.05) is 68.4 Å². The Balaban J connectivity index is 0.000000199. The van der Waals surface area contributed by atoms with Crippen molar-refractivity contribution in [2.24, 2.45) is 0 Å². The van der Waals surface area contributed by atoms with Gasteiger partial charge in [0.15, 0.2) is 22.5 Å². The highest BCUT2D eigenvalue weighted by Crippen LogP contribution is 2.21. The number of nitrogens with one attached hydrogen (secondary N) is 1. The molecule has 69 heavy (non-hydrogen) atoms. The highest BCUT2D eigenvalue weighted by atomic mass is 79.9. The number of aliphatic hydroxyl groups excluding tert-OH is 2. The molecule has 10 rings (SSSR count). The van der Waals surface area contributed by atoms with E-state index in [9.17, 15) is 9.59 Å². The van der Waals surface area contributed by atoms with E-state index in [1.54, 1.807) is 84.2 Å². The van der Waals surface area contributed by atoms with Gasteiger partial charge < -0.3 is 29.1 Å². The highest BCUT2D eigenvalue weighted by Gasteiger charge is 2.12. The van der Waals surface area contributed by atoms with Gasteiger partial charge in [0.25, 0.3) is 0 Å². The van der Waals surface area contributed by atoms with Gasteiger partial charge in [-0.1, -0.05) is 75.5 Å². The van der Waals surface area contributed by atoms with E-state index < -0.39 is 18.6 Å². The summed E-state index contributed by atoms with van der Waals surface area (Å²) in [4.78, 5) is 57.1. The first-order valence-corrected chi connectivity index (χ1v) is 21.0. The number of oxazole rings is 2. The Morgan fingerprint density at radius 1 is 0.594 bits per heavy atom. The first kappa shape index (κ1) is 53.7. The lowest BCUT2D eigenvalue weighted by Crippen LogP contribution is -2.29. The Hall–Kier alpha value is -7.88. The van der Waals surface area contributed by atoms with E-state index in [0.717, 1.165) is 49.2 Å². The molecule has 0 amide bonds. The van der Waals surface area contributed by atoms with Crippen molar-refractivity contribution in [3.8, 4) is 22.3 Å². The first-order chi connectivity index (χ1) is 32.5. The number of H-pyrrole nitrogens is 1. The van der Waals surface area contributed by atoms with Gasteiger partial charge in [0, 0.05) is 59.7 Å². The van der Waals surface area contributed by atoms with Crippen LogP contribution < -0.4 is 17.0 Å². The summed E-state index contributed by atoms with van der Waals surface area (Å²) in [5, 5.41) is 35.1. The molecule has 7 heterocycles.